The molecule has 1 aromatic carbocycles. The van der Waals surface area contributed by atoms with Crippen molar-refractivity contribution in [2.24, 2.45) is 0 Å². The average Bonchev–Trinajstić information content (AvgIpc) is 2.39. The minimum absolute atomic E-state index is 0.143. The summed E-state index contributed by atoms with van der Waals surface area (Å²) in [6.45, 7) is 5.35. The maximum absolute atomic E-state index is 12.4. The van der Waals surface area contributed by atoms with E-state index < -0.39 is 5.41 Å². The van der Waals surface area contributed by atoms with Crippen LogP contribution in [0.15, 0.2) is 30.3 Å². The third-order valence-corrected chi connectivity index (χ3v) is 3.22. The van der Waals surface area contributed by atoms with Gasteiger partial charge < -0.3 is 9.64 Å². The van der Waals surface area contributed by atoms with E-state index in [0.29, 0.717) is 6.61 Å². The van der Waals surface area contributed by atoms with E-state index in [9.17, 15) is 4.79 Å². The van der Waals surface area contributed by atoms with Crippen molar-refractivity contribution in [2.45, 2.75) is 25.7 Å². The zero-order valence-corrected chi connectivity index (χ0v) is 11.8. The lowest BCUT2D eigenvalue weighted by atomic mass is 9.83. The maximum Gasteiger partial charge on any atom is 0.232 e. The second kappa shape index (κ2) is 6.55. The summed E-state index contributed by atoms with van der Waals surface area (Å²) >= 11 is 0. The van der Waals surface area contributed by atoms with Crippen molar-refractivity contribution in [3.05, 3.63) is 35.9 Å². The first-order chi connectivity index (χ1) is 8.50. The molecule has 1 rings (SSSR count). The number of carbonyl (C=O) groups excluding carboxylic acids is 1. The molecule has 0 saturated carbocycles. The van der Waals surface area contributed by atoms with Crippen LogP contribution >= 0.6 is 0 Å². The number of hydrogen-bond donors (Lipinski definition) is 0. The predicted octanol–water partition coefficient (Wildman–Crippen LogP) is 2.46. The molecular formula is C15H23NO2. The first kappa shape index (κ1) is 14.7. The number of hydrogen-bond acceptors (Lipinski definition) is 2. The van der Waals surface area contributed by atoms with Crippen LogP contribution in [0.2, 0.25) is 0 Å². The Bertz CT molecular complexity index is 373. The summed E-state index contributed by atoms with van der Waals surface area (Å²) in [4.78, 5) is 14.2. The van der Waals surface area contributed by atoms with E-state index >= 15 is 0 Å². The Hall–Kier alpha value is -1.35. The fraction of sp³-hybridized carbons (Fsp3) is 0.533. The van der Waals surface area contributed by atoms with Crippen LogP contribution in [0.25, 0.3) is 0 Å². The highest BCUT2D eigenvalue weighted by Crippen LogP contribution is 2.25. The Morgan fingerprint density at radius 3 is 2.44 bits per heavy atom. The second-order valence-corrected chi connectivity index (χ2v) is 5.06. The van der Waals surface area contributed by atoms with Crippen LogP contribution < -0.4 is 0 Å². The largest absolute Gasteiger partial charge is 0.385 e. The van der Waals surface area contributed by atoms with E-state index in [1.54, 1.807) is 12.0 Å². The quantitative estimate of drug-likeness (QED) is 0.725. The Balaban J connectivity index is 2.70. The van der Waals surface area contributed by atoms with E-state index in [-0.39, 0.29) is 5.91 Å². The number of carbonyl (C=O) groups is 1. The van der Waals surface area contributed by atoms with E-state index in [4.69, 9.17) is 4.74 Å². The highest BCUT2D eigenvalue weighted by molar-refractivity contribution is 5.87. The molecule has 0 saturated heterocycles. The lowest BCUT2D eigenvalue weighted by Crippen LogP contribution is -2.41. The van der Waals surface area contributed by atoms with Gasteiger partial charge in [-0.15, -0.1) is 0 Å². The fourth-order valence-corrected chi connectivity index (χ4v) is 2.00. The third kappa shape index (κ3) is 3.57. The van der Waals surface area contributed by atoms with Gasteiger partial charge in [0, 0.05) is 27.3 Å². The van der Waals surface area contributed by atoms with E-state index in [0.717, 1.165) is 18.5 Å². The van der Waals surface area contributed by atoms with Gasteiger partial charge in [-0.05, 0) is 25.8 Å². The van der Waals surface area contributed by atoms with Crippen molar-refractivity contribution in [1.82, 2.24) is 4.90 Å². The molecule has 0 bridgehead atoms. The molecule has 3 nitrogen and oxygen atoms in total. The van der Waals surface area contributed by atoms with Crippen LogP contribution in [-0.4, -0.2) is 38.1 Å². The standard InChI is InChI=1S/C15H23NO2/c1-15(2,13-9-6-5-7-10-13)14(17)16(3)11-8-12-18-4/h5-7,9-10H,8,11-12H2,1-4H3. The fourth-order valence-electron chi connectivity index (χ4n) is 2.00. The number of benzene rings is 1. The van der Waals surface area contributed by atoms with Crippen molar-refractivity contribution in [3.8, 4) is 0 Å². The average molecular weight is 249 g/mol. The SMILES string of the molecule is COCCCN(C)C(=O)C(C)(C)c1ccccc1. The van der Waals surface area contributed by atoms with Gasteiger partial charge in [-0.1, -0.05) is 30.3 Å². The summed E-state index contributed by atoms with van der Waals surface area (Å²) < 4.78 is 5.00. The minimum Gasteiger partial charge on any atom is -0.385 e. The number of amides is 1. The Labute approximate surface area is 110 Å². The molecule has 0 fully saturated rings. The van der Waals surface area contributed by atoms with Gasteiger partial charge in [0.2, 0.25) is 5.91 Å². The second-order valence-electron chi connectivity index (χ2n) is 5.06. The molecular weight excluding hydrogens is 226 g/mol. The van der Waals surface area contributed by atoms with Gasteiger partial charge in [-0.2, -0.15) is 0 Å². The predicted molar refractivity (Wildman–Crippen MR) is 73.6 cm³/mol. The highest BCUT2D eigenvalue weighted by atomic mass is 16.5. The van der Waals surface area contributed by atoms with Crippen LogP contribution in [0.1, 0.15) is 25.8 Å². The molecule has 0 N–H and O–H groups in total. The molecule has 1 aromatic rings. The molecule has 0 radical (unpaired) electrons. The zero-order chi connectivity index (χ0) is 13.6. The van der Waals surface area contributed by atoms with Gasteiger partial charge in [0.15, 0.2) is 0 Å². The highest BCUT2D eigenvalue weighted by Gasteiger charge is 2.31. The molecule has 0 aliphatic heterocycles. The molecule has 0 aromatic heterocycles. The van der Waals surface area contributed by atoms with Gasteiger partial charge in [0.05, 0.1) is 5.41 Å². The first-order valence-electron chi connectivity index (χ1n) is 6.30. The van der Waals surface area contributed by atoms with Gasteiger partial charge in [-0.3, -0.25) is 4.79 Å². The summed E-state index contributed by atoms with van der Waals surface area (Å²) in [5, 5.41) is 0. The molecule has 18 heavy (non-hydrogen) atoms. The lowest BCUT2D eigenvalue weighted by molar-refractivity contribution is -0.135. The van der Waals surface area contributed by atoms with Gasteiger partial charge in [0.25, 0.3) is 0 Å². The van der Waals surface area contributed by atoms with Crippen LogP contribution in [0.4, 0.5) is 0 Å². The van der Waals surface area contributed by atoms with Crippen molar-refractivity contribution in [1.29, 1.82) is 0 Å². The molecule has 3 heteroatoms. The molecule has 0 atom stereocenters. The Morgan fingerprint density at radius 1 is 1.28 bits per heavy atom. The van der Waals surface area contributed by atoms with Crippen LogP contribution in [0.3, 0.4) is 0 Å². The lowest BCUT2D eigenvalue weighted by Gasteiger charge is -2.29. The maximum atomic E-state index is 12.4. The van der Waals surface area contributed by atoms with Gasteiger partial charge in [0.1, 0.15) is 0 Å². The summed E-state index contributed by atoms with van der Waals surface area (Å²) in [5.41, 5.74) is 0.567. The van der Waals surface area contributed by atoms with Gasteiger partial charge in [-0.25, -0.2) is 0 Å². The molecule has 1 amide bonds. The monoisotopic (exact) mass is 249 g/mol. The molecule has 0 heterocycles. The summed E-state index contributed by atoms with van der Waals surface area (Å²) in [7, 11) is 3.53. The Morgan fingerprint density at radius 2 is 1.89 bits per heavy atom. The summed E-state index contributed by atoms with van der Waals surface area (Å²) in [5.74, 6) is 0.143. The van der Waals surface area contributed by atoms with Crippen molar-refractivity contribution in [3.63, 3.8) is 0 Å². The summed E-state index contributed by atoms with van der Waals surface area (Å²) in [6, 6.07) is 9.90. The van der Waals surface area contributed by atoms with Gasteiger partial charge >= 0.3 is 0 Å². The van der Waals surface area contributed by atoms with Crippen molar-refractivity contribution < 1.29 is 9.53 Å². The zero-order valence-electron chi connectivity index (χ0n) is 11.8. The van der Waals surface area contributed by atoms with E-state index in [1.165, 1.54) is 0 Å². The van der Waals surface area contributed by atoms with Crippen molar-refractivity contribution >= 4 is 5.91 Å². The van der Waals surface area contributed by atoms with Crippen LogP contribution in [-0.2, 0) is 14.9 Å². The molecule has 0 aliphatic carbocycles. The minimum atomic E-state index is -0.483. The van der Waals surface area contributed by atoms with Crippen molar-refractivity contribution in [2.75, 3.05) is 27.3 Å². The molecule has 0 spiro atoms. The summed E-state index contributed by atoms with van der Waals surface area (Å²) in [6.07, 6.45) is 0.865. The Kier molecular flexibility index (Phi) is 5.35. The van der Waals surface area contributed by atoms with E-state index in [2.05, 4.69) is 0 Å². The number of rotatable bonds is 6. The smallest absolute Gasteiger partial charge is 0.232 e. The topological polar surface area (TPSA) is 29.5 Å². The molecule has 0 aliphatic rings. The number of ether oxygens (including phenoxy) is 1. The van der Waals surface area contributed by atoms with Crippen LogP contribution in [0.5, 0.6) is 0 Å². The number of nitrogens with zero attached hydrogens (tertiary/aromatic N) is 1. The van der Waals surface area contributed by atoms with Crippen LogP contribution in [0, 0.1) is 0 Å². The number of methoxy groups -OCH3 is 1. The molecule has 0 unspecified atom stereocenters. The normalized spacial score (nSPS) is 11.3. The first-order valence-corrected chi connectivity index (χ1v) is 6.30. The number of likely N-dealkylation sites (N-methyl/N-ethyl adjacent to an activating group) is 1. The van der Waals surface area contributed by atoms with E-state index in [1.807, 2.05) is 51.2 Å². The molecule has 100 valence electrons. The third-order valence-electron chi connectivity index (χ3n) is 3.22.